The molecular formula is C30H27F2N5O. The average molecular weight is 512 g/mol. The maximum atomic E-state index is 14.4. The van der Waals surface area contributed by atoms with E-state index < -0.39 is 11.6 Å². The SMILES string of the molecule is OCCN1CCN(c2cc(-c3ccccc3)nc3c(-c4cc(F)cc(F)c4)c(-c4ccccc4)nn23)CC1. The highest BCUT2D eigenvalue weighted by Gasteiger charge is 2.25. The Morgan fingerprint density at radius 3 is 2.00 bits per heavy atom. The summed E-state index contributed by atoms with van der Waals surface area (Å²) in [5, 5.41) is 14.4. The molecule has 0 bridgehead atoms. The van der Waals surface area contributed by atoms with Crippen LogP contribution >= 0.6 is 0 Å². The van der Waals surface area contributed by atoms with Gasteiger partial charge >= 0.3 is 0 Å². The minimum atomic E-state index is -0.655. The maximum absolute atomic E-state index is 14.4. The number of rotatable bonds is 6. The normalized spacial score (nSPS) is 14.3. The topological polar surface area (TPSA) is 56.9 Å². The molecule has 6 rings (SSSR count). The van der Waals surface area contributed by atoms with E-state index in [1.165, 1.54) is 12.1 Å². The summed E-state index contributed by atoms with van der Waals surface area (Å²) in [5.41, 5.74) is 4.62. The molecule has 0 radical (unpaired) electrons. The number of fused-ring (bicyclic) bond motifs is 1. The molecule has 0 saturated carbocycles. The van der Waals surface area contributed by atoms with E-state index in [1.807, 2.05) is 66.7 Å². The molecule has 0 atom stereocenters. The molecule has 0 unspecified atom stereocenters. The van der Waals surface area contributed by atoms with Crippen molar-refractivity contribution in [3.8, 4) is 33.6 Å². The van der Waals surface area contributed by atoms with Gasteiger partial charge in [0.1, 0.15) is 23.1 Å². The minimum absolute atomic E-state index is 0.130. The quantitative estimate of drug-likeness (QED) is 0.343. The largest absolute Gasteiger partial charge is 0.395 e. The van der Waals surface area contributed by atoms with E-state index in [-0.39, 0.29) is 6.61 Å². The Labute approximate surface area is 219 Å². The highest BCUT2D eigenvalue weighted by Crippen LogP contribution is 2.38. The Bertz CT molecular complexity index is 1540. The van der Waals surface area contributed by atoms with Crippen molar-refractivity contribution in [2.45, 2.75) is 0 Å². The highest BCUT2D eigenvalue weighted by atomic mass is 19.1. The van der Waals surface area contributed by atoms with Crippen molar-refractivity contribution >= 4 is 11.5 Å². The first-order chi connectivity index (χ1) is 18.6. The van der Waals surface area contributed by atoms with Gasteiger partial charge in [-0.1, -0.05) is 60.7 Å². The summed E-state index contributed by atoms with van der Waals surface area (Å²) in [4.78, 5) is 9.50. The van der Waals surface area contributed by atoms with E-state index in [4.69, 9.17) is 10.1 Å². The van der Waals surface area contributed by atoms with Gasteiger partial charge in [0.2, 0.25) is 0 Å². The molecule has 1 saturated heterocycles. The van der Waals surface area contributed by atoms with Crippen LogP contribution in [0.25, 0.3) is 39.3 Å². The molecule has 2 aromatic heterocycles. The number of aromatic nitrogens is 3. The van der Waals surface area contributed by atoms with E-state index in [9.17, 15) is 13.9 Å². The van der Waals surface area contributed by atoms with Crippen LogP contribution in [0.5, 0.6) is 0 Å². The van der Waals surface area contributed by atoms with Crippen LogP contribution in [0.2, 0.25) is 0 Å². The van der Waals surface area contributed by atoms with Gasteiger partial charge in [0.15, 0.2) is 5.65 Å². The molecule has 1 aliphatic heterocycles. The number of aliphatic hydroxyl groups excluding tert-OH is 1. The Morgan fingerprint density at radius 2 is 1.37 bits per heavy atom. The molecule has 192 valence electrons. The first-order valence-electron chi connectivity index (χ1n) is 12.7. The molecule has 0 spiro atoms. The van der Waals surface area contributed by atoms with Gasteiger partial charge in [0.05, 0.1) is 17.9 Å². The monoisotopic (exact) mass is 511 g/mol. The number of anilines is 1. The number of nitrogens with zero attached hydrogens (tertiary/aromatic N) is 5. The van der Waals surface area contributed by atoms with Gasteiger partial charge in [-0.2, -0.15) is 9.61 Å². The predicted octanol–water partition coefficient (Wildman–Crippen LogP) is 5.12. The van der Waals surface area contributed by atoms with Crippen LogP contribution in [0.4, 0.5) is 14.6 Å². The highest BCUT2D eigenvalue weighted by molar-refractivity contribution is 5.92. The Hall–Kier alpha value is -4.14. The number of benzene rings is 3. The van der Waals surface area contributed by atoms with Gasteiger partial charge in [-0.25, -0.2) is 13.8 Å². The van der Waals surface area contributed by atoms with Crippen molar-refractivity contribution in [3.63, 3.8) is 0 Å². The summed E-state index contributed by atoms with van der Waals surface area (Å²) in [6.45, 7) is 3.88. The van der Waals surface area contributed by atoms with Crippen LogP contribution in [0.3, 0.4) is 0 Å². The van der Waals surface area contributed by atoms with Gasteiger partial charge in [-0.3, -0.25) is 4.90 Å². The van der Waals surface area contributed by atoms with E-state index >= 15 is 0 Å². The number of hydrogen-bond acceptors (Lipinski definition) is 5. The number of piperazine rings is 1. The number of hydrogen-bond donors (Lipinski definition) is 1. The minimum Gasteiger partial charge on any atom is -0.395 e. The molecule has 5 aromatic rings. The molecule has 0 amide bonds. The molecule has 8 heteroatoms. The van der Waals surface area contributed by atoms with Crippen molar-refractivity contribution < 1.29 is 13.9 Å². The van der Waals surface area contributed by atoms with Crippen molar-refractivity contribution in [2.24, 2.45) is 0 Å². The molecule has 38 heavy (non-hydrogen) atoms. The summed E-state index contributed by atoms with van der Waals surface area (Å²) in [6, 6.07) is 25.1. The first-order valence-corrected chi connectivity index (χ1v) is 12.7. The Kier molecular flexibility index (Phi) is 6.57. The average Bonchev–Trinajstić information content (AvgIpc) is 3.33. The van der Waals surface area contributed by atoms with Gasteiger partial charge < -0.3 is 10.0 Å². The third-order valence-electron chi connectivity index (χ3n) is 6.95. The van der Waals surface area contributed by atoms with Gasteiger partial charge in [-0.15, -0.1) is 0 Å². The predicted molar refractivity (Wildman–Crippen MR) is 145 cm³/mol. The summed E-state index contributed by atoms with van der Waals surface area (Å²) in [7, 11) is 0. The zero-order valence-electron chi connectivity index (χ0n) is 20.8. The van der Waals surface area contributed by atoms with Crippen LogP contribution in [0.15, 0.2) is 84.9 Å². The number of aliphatic hydroxyl groups is 1. The van der Waals surface area contributed by atoms with Crippen LogP contribution < -0.4 is 4.90 Å². The fourth-order valence-electron chi connectivity index (χ4n) is 5.09. The van der Waals surface area contributed by atoms with Crippen molar-refractivity contribution in [1.29, 1.82) is 0 Å². The van der Waals surface area contributed by atoms with Crippen molar-refractivity contribution in [1.82, 2.24) is 19.5 Å². The Morgan fingerprint density at radius 1 is 0.737 bits per heavy atom. The molecule has 3 aromatic carbocycles. The van der Waals surface area contributed by atoms with Gasteiger partial charge in [0.25, 0.3) is 0 Å². The molecule has 0 aliphatic carbocycles. The van der Waals surface area contributed by atoms with Gasteiger partial charge in [0, 0.05) is 56.0 Å². The maximum Gasteiger partial charge on any atom is 0.166 e. The zero-order chi connectivity index (χ0) is 26.1. The van der Waals surface area contributed by atoms with Crippen molar-refractivity contribution in [3.05, 3.63) is 96.6 Å². The summed E-state index contributed by atoms with van der Waals surface area (Å²) in [5.74, 6) is -0.451. The van der Waals surface area contributed by atoms with E-state index in [2.05, 4.69) is 9.80 Å². The third-order valence-corrected chi connectivity index (χ3v) is 6.95. The summed E-state index contributed by atoms with van der Waals surface area (Å²) < 4.78 is 30.7. The van der Waals surface area contributed by atoms with Crippen molar-refractivity contribution in [2.75, 3.05) is 44.2 Å². The van der Waals surface area contributed by atoms with E-state index in [0.717, 1.165) is 54.9 Å². The second kappa shape index (κ2) is 10.3. The van der Waals surface area contributed by atoms with E-state index in [1.54, 1.807) is 4.52 Å². The molecule has 1 N–H and O–H groups in total. The first kappa shape index (κ1) is 24.2. The Balaban J connectivity index is 1.61. The zero-order valence-corrected chi connectivity index (χ0v) is 20.8. The molecule has 6 nitrogen and oxygen atoms in total. The van der Waals surface area contributed by atoms with Gasteiger partial charge in [-0.05, 0) is 17.7 Å². The lowest BCUT2D eigenvalue weighted by Gasteiger charge is -2.35. The smallest absolute Gasteiger partial charge is 0.166 e. The fourth-order valence-corrected chi connectivity index (χ4v) is 5.09. The second-order valence-corrected chi connectivity index (χ2v) is 9.40. The second-order valence-electron chi connectivity index (χ2n) is 9.40. The van der Waals surface area contributed by atoms with Crippen LogP contribution in [0, 0.1) is 11.6 Å². The summed E-state index contributed by atoms with van der Waals surface area (Å²) >= 11 is 0. The molecular weight excluding hydrogens is 484 g/mol. The third kappa shape index (κ3) is 4.64. The lowest BCUT2D eigenvalue weighted by molar-refractivity contribution is 0.188. The lowest BCUT2D eigenvalue weighted by atomic mass is 10.0. The molecule has 3 heterocycles. The standard InChI is InChI=1S/C30H27F2N5O/c31-24-17-23(18-25(32)19-24)28-29(22-9-5-2-6-10-22)34-37-27(36-13-11-35(12-14-36)15-16-38)20-26(33-30(28)37)21-7-3-1-4-8-21/h1-10,17-20,38H,11-16H2. The lowest BCUT2D eigenvalue weighted by Crippen LogP contribution is -2.47. The van der Waals surface area contributed by atoms with Crippen LogP contribution in [0.1, 0.15) is 0 Å². The number of halogens is 2. The molecule has 1 fully saturated rings. The van der Waals surface area contributed by atoms with E-state index in [0.29, 0.717) is 29.0 Å². The summed E-state index contributed by atoms with van der Waals surface area (Å²) in [6.07, 6.45) is 0. The number of β-amino-alcohol motifs (C(OH)–C–C–N with tert-alkyl or cyclic N) is 1. The van der Waals surface area contributed by atoms with Crippen LogP contribution in [-0.4, -0.2) is 63.9 Å². The fraction of sp³-hybridized carbons (Fsp3) is 0.200. The van der Waals surface area contributed by atoms with Crippen LogP contribution in [-0.2, 0) is 0 Å². The molecule has 1 aliphatic rings.